The van der Waals surface area contributed by atoms with Crippen LogP contribution >= 0.6 is 0 Å². The molecule has 0 radical (unpaired) electrons. The van der Waals surface area contributed by atoms with Gasteiger partial charge in [0.25, 0.3) is 0 Å². The Hall–Kier alpha value is -0.820. The van der Waals surface area contributed by atoms with Crippen molar-refractivity contribution in [2.45, 2.75) is 51.4 Å². The molecular formula is C17H24O. The summed E-state index contributed by atoms with van der Waals surface area (Å²) in [5, 5.41) is 10.1. The van der Waals surface area contributed by atoms with E-state index in [-0.39, 0.29) is 10.8 Å². The topological polar surface area (TPSA) is 20.2 Å². The van der Waals surface area contributed by atoms with E-state index in [9.17, 15) is 5.11 Å². The highest BCUT2D eigenvalue weighted by molar-refractivity contribution is 5.36. The van der Waals surface area contributed by atoms with Gasteiger partial charge in [-0.15, -0.1) is 0 Å². The van der Waals surface area contributed by atoms with Gasteiger partial charge in [0.1, 0.15) is 0 Å². The summed E-state index contributed by atoms with van der Waals surface area (Å²) >= 11 is 0. The largest absolute Gasteiger partial charge is 0.396 e. The minimum Gasteiger partial charge on any atom is -0.396 e. The SMILES string of the molecule is CC1(C)CC1(CO)C1(c2ccccc2)CCCC1. The van der Waals surface area contributed by atoms with E-state index >= 15 is 0 Å². The Morgan fingerprint density at radius 3 is 2.06 bits per heavy atom. The minimum atomic E-state index is 0.123. The molecule has 1 aromatic carbocycles. The third-order valence-electron chi connectivity index (χ3n) is 5.88. The normalized spacial score (nSPS) is 32.4. The molecule has 1 N–H and O–H groups in total. The van der Waals surface area contributed by atoms with E-state index in [2.05, 4.69) is 44.2 Å². The van der Waals surface area contributed by atoms with E-state index in [0.717, 1.165) is 0 Å². The fraction of sp³-hybridized carbons (Fsp3) is 0.647. The van der Waals surface area contributed by atoms with Gasteiger partial charge in [-0.25, -0.2) is 0 Å². The van der Waals surface area contributed by atoms with Gasteiger partial charge in [0.05, 0.1) is 6.61 Å². The molecule has 18 heavy (non-hydrogen) atoms. The number of hydrogen-bond donors (Lipinski definition) is 1. The van der Waals surface area contributed by atoms with Crippen LogP contribution in [-0.4, -0.2) is 11.7 Å². The predicted octanol–water partition coefficient (Wildman–Crippen LogP) is 3.91. The van der Waals surface area contributed by atoms with Crippen molar-refractivity contribution in [2.24, 2.45) is 10.8 Å². The lowest BCUT2D eigenvalue weighted by molar-refractivity contribution is 0.0957. The zero-order valence-electron chi connectivity index (χ0n) is 11.6. The number of benzene rings is 1. The van der Waals surface area contributed by atoms with Crippen LogP contribution in [0.15, 0.2) is 30.3 Å². The number of aliphatic hydroxyl groups excluding tert-OH is 1. The van der Waals surface area contributed by atoms with Gasteiger partial charge in [-0.2, -0.15) is 0 Å². The van der Waals surface area contributed by atoms with Crippen LogP contribution in [0.4, 0.5) is 0 Å². The molecule has 0 heterocycles. The van der Waals surface area contributed by atoms with Crippen molar-refractivity contribution in [1.29, 1.82) is 0 Å². The molecule has 0 spiro atoms. The summed E-state index contributed by atoms with van der Waals surface area (Å²) in [6.07, 6.45) is 6.30. The van der Waals surface area contributed by atoms with Crippen LogP contribution in [0.5, 0.6) is 0 Å². The van der Waals surface area contributed by atoms with E-state index in [1.165, 1.54) is 37.7 Å². The van der Waals surface area contributed by atoms with Crippen molar-refractivity contribution in [2.75, 3.05) is 6.61 Å². The van der Waals surface area contributed by atoms with Gasteiger partial charge in [-0.1, -0.05) is 57.0 Å². The van der Waals surface area contributed by atoms with E-state index in [1.807, 2.05) is 0 Å². The maximum Gasteiger partial charge on any atom is 0.0501 e. The van der Waals surface area contributed by atoms with Crippen LogP contribution in [0, 0.1) is 10.8 Å². The second kappa shape index (κ2) is 3.84. The molecule has 0 aliphatic heterocycles. The average molecular weight is 244 g/mol. The molecule has 0 saturated heterocycles. The van der Waals surface area contributed by atoms with Crippen molar-refractivity contribution < 1.29 is 5.11 Å². The molecule has 2 saturated carbocycles. The standard InChI is InChI=1S/C17H24O/c1-15(2)12-17(15,13-18)16(10-6-7-11-16)14-8-4-3-5-9-14/h3-5,8-9,18H,6-7,10-13H2,1-2H3. The molecule has 1 heteroatoms. The van der Waals surface area contributed by atoms with Gasteiger partial charge in [0.15, 0.2) is 0 Å². The fourth-order valence-corrected chi connectivity index (χ4v) is 4.73. The lowest BCUT2D eigenvalue weighted by Crippen LogP contribution is -2.39. The molecule has 1 nitrogen and oxygen atoms in total. The molecule has 98 valence electrons. The van der Waals surface area contributed by atoms with Crippen LogP contribution in [0.25, 0.3) is 0 Å². The highest BCUT2D eigenvalue weighted by atomic mass is 16.3. The lowest BCUT2D eigenvalue weighted by Gasteiger charge is -2.40. The summed E-state index contributed by atoms with van der Waals surface area (Å²) in [4.78, 5) is 0. The van der Waals surface area contributed by atoms with Crippen molar-refractivity contribution in [1.82, 2.24) is 0 Å². The fourth-order valence-electron chi connectivity index (χ4n) is 4.73. The molecule has 1 atom stereocenters. The highest BCUT2D eigenvalue weighted by Gasteiger charge is 2.71. The monoisotopic (exact) mass is 244 g/mol. The van der Waals surface area contributed by atoms with E-state index < -0.39 is 0 Å². The van der Waals surface area contributed by atoms with Crippen LogP contribution < -0.4 is 0 Å². The predicted molar refractivity (Wildman–Crippen MR) is 74.5 cm³/mol. The number of hydrogen-bond acceptors (Lipinski definition) is 1. The van der Waals surface area contributed by atoms with Crippen molar-refractivity contribution in [3.63, 3.8) is 0 Å². The summed E-state index contributed by atoms with van der Waals surface area (Å²) < 4.78 is 0. The molecule has 3 rings (SSSR count). The maximum absolute atomic E-state index is 10.1. The number of rotatable bonds is 3. The van der Waals surface area contributed by atoms with Crippen LogP contribution in [-0.2, 0) is 5.41 Å². The first-order chi connectivity index (χ1) is 8.58. The van der Waals surface area contributed by atoms with Crippen LogP contribution in [0.3, 0.4) is 0 Å². The second-order valence-electron chi connectivity index (χ2n) is 6.96. The first kappa shape index (κ1) is 12.2. The Morgan fingerprint density at radius 1 is 1.06 bits per heavy atom. The second-order valence-corrected chi connectivity index (χ2v) is 6.96. The zero-order valence-corrected chi connectivity index (χ0v) is 11.6. The van der Waals surface area contributed by atoms with Gasteiger partial charge in [-0.3, -0.25) is 0 Å². The maximum atomic E-state index is 10.1. The molecule has 2 aliphatic rings. The Morgan fingerprint density at radius 2 is 1.61 bits per heavy atom. The first-order valence-electron chi connectivity index (χ1n) is 7.24. The quantitative estimate of drug-likeness (QED) is 0.854. The molecule has 0 aromatic heterocycles. The molecule has 1 aromatic rings. The third kappa shape index (κ3) is 1.37. The Bertz CT molecular complexity index is 428. The van der Waals surface area contributed by atoms with Gasteiger partial charge in [0, 0.05) is 10.8 Å². The zero-order chi connectivity index (χ0) is 12.9. The van der Waals surface area contributed by atoms with Crippen molar-refractivity contribution in [3.8, 4) is 0 Å². The number of aliphatic hydroxyl groups is 1. The van der Waals surface area contributed by atoms with Gasteiger partial charge in [-0.05, 0) is 30.2 Å². The van der Waals surface area contributed by atoms with E-state index in [4.69, 9.17) is 0 Å². The molecule has 0 amide bonds. The molecular weight excluding hydrogens is 220 g/mol. The smallest absolute Gasteiger partial charge is 0.0501 e. The highest BCUT2D eigenvalue weighted by Crippen LogP contribution is 2.75. The first-order valence-corrected chi connectivity index (χ1v) is 7.24. The minimum absolute atomic E-state index is 0.123. The van der Waals surface area contributed by atoms with Crippen molar-refractivity contribution in [3.05, 3.63) is 35.9 Å². The van der Waals surface area contributed by atoms with E-state index in [1.54, 1.807) is 0 Å². The van der Waals surface area contributed by atoms with Crippen LogP contribution in [0.2, 0.25) is 0 Å². The van der Waals surface area contributed by atoms with Crippen LogP contribution in [0.1, 0.15) is 51.5 Å². The Balaban J connectivity index is 2.09. The summed E-state index contributed by atoms with van der Waals surface area (Å²) in [5.41, 5.74) is 2.11. The molecule has 0 bridgehead atoms. The summed E-state index contributed by atoms with van der Waals surface area (Å²) in [6, 6.07) is 10.9. The van der Waals surface area contributed by atoms with Gasteiger partial charge >= 0.3 is 0 Å². The Kier molecular flexibility index (Phi) is 2.60. The van der Waals surface area contributed by atoms with Crippen molar-refractivity contribution >= 4 is 0 Å². The summed E-state index contributed by atoms with van der Waals surface area (Å²) in [6.45, 7) is 4.99. The van der Waals surface area contributed by atoms with Gasteiger partial charge in [0.2, 0.25) is 0 Å². The van der Waals surface area contributed by atoms with Gasteiger partial charge < -0.3 is 5.11 Å². The molecule has 1 unspecified atom stereocenters. The lowest BCUT2D eigenvalue weighted by atomic mass is 9.64. The van der Waals surface area contributed by atoms with E-state index in [0.29, 0.717) is 12.0 Å². The molecule has 2 aliphatic carbocycles. The average Bonchev–Trinajstić information content (AvgIpc) is 2.79. The Labute approximate surface area is 110 Å². The third-order valence-corrected chi connectivity index (χ3v) is 5.88. The summed E-state index contributed by atoms with van der Waals surface area (Å²) in [7, 11) is 0. The molecule has 2 fully saturated rings. The summed E-state index contributed by atoms with van der Waals surface area (Å²) in [5.74, 6) is 0.